The lowest BCUT2D eigenvalue weighted by Crippen LogP contribution is -2.29. The summed E-state index contributed by atoms with van der Waals surface area (Å²) in [7, 11) is 3.34. The molecule has 2 N–H and O–H groups in total. The van der Waals surface area contributed by atoms with Crippen molar-refractivity contribution >= 4 is 17.3 Å². The van der Waals surface area contributed by atoms with Crippen molar-refractivity contribution in [2.24, 2.45) is 5.41 Å². The molecule has 0 aliphatic rings. The normalized spacial score (nSPS) is 11.2. The second-order valence-electron chi connectivity index (χ2n) is 5.68. The van der Waals surface area contributed by atoms with E-state index in [1.54, 1.807) is 18.2 Å². The van der Waals surface area contributed by atoms with E-state index in [-0.39, 0.29) is 11.4 Å². The number of nitrogens with zero attached hydrogens (tertiary/aromatic N) is 1. The molecule has 0 amide bonds. The molecule has 18 heavy (non-hydrogen) atoms. The average molecular weight is 250 g/mol. The zero-order chi connectivity index (χ0) is 13.9. The number of methoxy groups -OCH3 is 1. The lowest BCUT2D eigenvalue weighted by atomic mass is 9.96. The third-order valence-corrected chi connectivity index (χ3v) is 2.57. The van der Waals surface area contributed by atoms with Gasteiger partial charge in [0, 0.05) is 13.6 Å². The molecule has 0 bridgehead atoms. The summed E-state index contributed by atoms with van der Waals surface area (Å²) in [5.74, 6) is -0.347. The van der Waals surface area contributed by atoms with Crippen molar-refractivity contribution in [3.05, 3.63) is 23.8 Å². The van der Waals surface area contributed by atoms with Gasteiger partial charge in [0.25, 0.3) is 0 Å². The summed E-state index contributed by atoms with van der Waals surface area (Å²) < 4.78 is 4.71. The number of ether oxygens (including phenoxy) is 1. The van der Waals surface area contributed by atoms with Gasteiger partial charge in [-0.3, -0.25) is 0 Å². The third-order valence-electron chi connectivity index (χ3n) is 2.57. The molecule has 4 nitrogen and oxygen atoms in total. The van der Waals surface area contributed by atoms with Crippen LogP contribution in [0.1, 0.15) is 31.1 Å². The van der Waals surface area contributed by atoms with Gasteiger partial charge in [0.2, 0.25) is 0 Å². The molecule has 0 saturated heterocycles. The Bertz CT molecular complexity index is 436. The number of hydrogen-bond acceptors (Lipinski definition) is 4. The van der Waals surface area contributed by atoms with E-state index >= 15 is 0 Å². The number of anilines is 2. The van der Waals surface area contributed by atoms with Gasteiger partial charge >= 0.3 is 5.97 Å². The third kappa shape index (κ3) is 3.65. The maximum absolute atomic E-state index is 11.5. The highest BCUT2D eigenvalue weighted by Crippen LogP contribution is 2.27. The molecule has 0 fully saturated rings. The number of nitrogen functional groups attached to an aromatic ring is 1. The Morgan fingerprint density at radius 2 is 2.00 bits per heavy atom. The zero-order valence-electron chi connectivity index (χ0n) is 11.8. The molecule has 0 heterocycles. The Labute approximate surface area is 109 Å². The SMILES string of the molecule is COC(=O)c1ccc(N)c(N(C)CC(C)(C)C)c1. The minimum absolute atomic E-state index is 0.155. The van der Waals surface area contributed by atoms with E-state index in [0.29, 0.717) is 11.3 Å². The van der Waals surface area contributed by atoms with Crippen LogP contribution in [0.5, 0.6) is 0 Å². The van der Waals surface area contributed by atoms with Crippen molar-refractivity contribution in [1.82, 2.24) is 0 Å². The lowest BCUT2D eigenvalue weighted by molar-refractivity contribution is 0.0601. The van der Waals surface area contributed by atoms with Crippen LogP contribution in [-0.2, 0) is 4.74 Å². The lowest BCUT2D eigenvalue weighted by Gasteiger charge is -2.29. The number of carbonyl (C=O) groups excluding carboxylic acids is 1. The monoisotopic (exact) mass is 250 g/mol. The van der Waals surface area contributed by atoms with Crippen molar-refractivity contribution in [2.45, 2.75) is 20.8 Å². The Morgan fingerprint density at radius 3 is 2.50 bits per heavy atom. The maximum atomic E-state index is 11.5. The highest BCUT2D eigenvalue weighted by Gasteiger charge is 2.17. The van der Waals surface area contributed by atoms with Crippen LogP contribution in [0.4, 0.5) is 11.4 Å². The predicted octanol–water partition coefficient (Wildman–Crippen LogP) is 2.54. The summed E-state index contributed by atoms with van der Waals surface area (Å²) in [6.45, 7) is 7.32. The Kier molecular flexibility index (Phi) is 4.22. The molecule has 0 saturated carbocycles. The van der Waals surface area contributed by atoms with Crippen LogP contribution in [0.3, 0.4) is 0 Å². The van der Waals surface area contributed by atoms with E-state index in [4.69, 9.17) is 10.5 Å². The first-order chi connectivity index (χ1) is 8.24. The Hall–Kier alpha value is -1.71. The summed E-state index contributed by atoms with van der Waals surface area (Å²) >= 11 is 0. The van der Waals surface area contributed by atoms with Gasteiger partial charge in [-0.2, -0.15) is 0 Å². The number of carbonyl (C=O) groups is 1. The fourth-order valence-corrected chi connectivity index (χ4v) is 1.92. The van der Waals surface area contributed by atoms with Crippen molar-refractivity contribution in [1.29, 1.82) is 0 Å². The number of hydrogen-bond donors (Lipinski definition) is 1. The number of benzene rings is 1. The van der Waals surface area contributed by atoms with Crippen LogP contribution in [0.2, 0.25) is 0 Å². The maximum Gasteiger partial charge on any atom is 0.337 e. The van der Waals surface area contributed by atoms with Gasteiger partial charge in [-0.1, -0.05) is 20.8 Å². The summed E-state index contributed by atoms with van der Waals surface area (Å²) in [6, 6.07) is 5.18. The van der Waals surface area contributed by atoms with E-state index in [1.165, 1.54) is 7.11 Å². The molecule has 0 aliphatic heterocycles. The van der Waals surface area contributed by atoms with Crippen molar-refractivity contribution < 1.29 is 9.53 Å². The van der Waals surface area contributed by atoms with Gasteiger partial charge in [0.05, 0.1) is 24.0 Å². The minimum Gasteiger partial charge on any atom is -0.465 e. The van der Waals surface area contributed by atoms with E-state index in [0.717, 1.165) is 12.2 Å². The zero-order valence-corrected chi connectivity index (χ0v) is 11.8. The van der Waals surface area contributed by atoms with Crippen molar-refractivity contribution in [3.63, 3.8) is 0 Å². The molecule has 4 heteroatoms. The molecule has 1 rings (SSSR count). The van der Waals surface area contributed by atoms with Crippen LogP contribution < -0.4 is 10.6 Å². The van der Waals surface area contributed by atoms with E-state index < -0.39 is 0 Å². The Balaban J connectivity index is 3.04. The smallest absolute Gasteiger partial charge is 0.337 e. The second kappa shape index (κ2) is 5.29. The molecule has 0 aliphatic carbocycles. The summed E-state index contributed by atoms with van der Waals surface area (Å²) in [6.07, 6.45) is 0. The van der Waals surface area contributed by atoms with Crippen LogP contribution >= 0.6 is 0 Å². The molecule has 100 valence electrons. The summed E-state index contributed by atoms with van der Waals surface area (Å²) in [5, 5.41) is 0. The first-order valence-electron chi connectivity index (χ1n) is 5.93. The molecule has 0 aromatic heterocycles. The Morgan fingerprint density at radius 1 is 1.39 bits per heavy atom. The van der Waals surface area contributed by atoms with E-state index in [1.807, 2.05) is 7.05 Å². The van der Waals surface area contributed by atoms with Crippen LogP contribution in [0, 0.1) is 5.41 Å². The minimum atomic E-state index is -0.347. The number of nitrogens with two attached hydrogens (primary N) is 1. The molecule has 1 aromatic carbocycles. The van der Waals surface area contributed by atoms with Crippen LogP contribution in [0.15, 0.2) is 18.2 Å². The fourth-order valence-electron chi connectivity index (χ4n) is 1.92. The van der Waals surface area contributed by atoms with E-state index in [2.05, 4.69) is 25.7 Å². The first kappa shape index (κ1) is 14.4. The summed E-state index contributed by atoms with van der Waals surface area (Å²) in [4.78, 5) is 13.6. The number of esters is 1. The van der Waals surface area contributed by atoms with Gasteiger partial charge in [-0.15, -0.1) is 0 Å². The fraction of sp³-hybridized carbons (Fsp3) is 0.500. The topological polar surface area (TPSA) is 55.6 Å². The largest absolute Gasteiger partial charge is 0.465 e. The van der Waals surface area contributed by atoms with Crippen molar-refractivity contribution in [2.75, 3.05) is 31.3 Å². The second-order valence-corrected chi connectivity index (χ2v) is 5.68. The van der Waals surface area contributed by atoms with Crippen LogP contribution in [0.25, 0.3) is 0 Å². The van der Waals surface area contributed by atoms with Gasteiger partial charge in [0.15, 0.2) is 0 Å². The molecule has 0 spiro atoms. The molecule has 0 radical (unpaired) electrons. The van der Waals surface area contributed by atoms with Crippen molar-refractivity contribution in [3.8, 4) is 0 Å². The summed E-state index contributed by atoms with van der Waals surface area (Å²) in [5.41, 5.74) is 8.14. The molecule has 0 atom stereocenters. The van der Waals surface area contributed by atoms with Crippen LogP contribution in [-0.4, -0.2) is 26.7 Å². The molecule has 1 aromatic rings. The standard InChI is InChI=1S/C14H22N2O2/c1-14(2,3)9-16(4)12-8-10(13(17)18-5)6-7-11(12)15/h6-8H,9,15H2,1-5H3. The molecule has 0 unspecified atom stereocenters. The quantitative estimate of drug-likeness (QED) is 0.661. The predicted molar refractivity (Wildman–Crippen MR) is 74.9 cm³/mol. The van der Waals surface area contributed by atoms with Gasteiger partial charge in [-0.25, -0.2) is 4.79 Å². The van der Waals surface area contributed by atoms with Gasteiger partial charge < -0.3 is 15.4 Å². The highest BCUT2D eigenvalue weighted by atomic mass is 16.5. The highest BCUT2D eigenvalue weighted by molar-refractivity contribution is 5.92. The molecular weight excluding hydrogens is 228 g/mol. The van der Waals surface area contributed by atoms with E-state index in [9.17, 15) is 4.79 Å². The number of rotatable bonds is 3. The first-order valence-corrected chi connectivity index (χ1v) is 5.93. The van der Waals surface area contributed by atoms with Gasteiger partial charge in [-0.05, 0) is 23.6 Å². The average Bonchev–Trinajstić information content (AvgIpc) is 2.26. The van der Waals surface area contributed by atoms with Gasteiger partial charge in [0.1, 0.15) is 0 Å². The molecular formula is C14H22N2O2.